The second kappa shape index (κ2) is 2.74. The molecule has 2 bridgehead atoms. The third-order valence-electron chi connectivity index (χ3n) is 5.02. The van der Waals surface area contributed by atoms with Crippen LogP contribution in [0, 0.1) is 16.7 Å². The van der Waals surface area contributed by atoms with Crippen molar-refractivity contribution in [2.24, 2.45) is 16.7 Å². The van der Waals surface area contributed by atoms with Gasteiger partial charge >= 0.3 is 5.97 Å². The number of rotatable bonds is 1. The Bertz CT molecular complexity index is 269. The fourth-order valence-corrected chi connectivity index (χ4v) is 3.51. The zero-order valence-electron chi connectivity index (χ0n) is 9.59. The van der Waals surface area contributed by atoms with E-state index in [4.69, 9.17) is 4.74 Å². The zero-order chi connectivity index (χ0) is 10.6. The van der Waals surface area contributed by atoms with Gasteiger partial charge in [0.2, 0.25) is 0 Å². The smallest absolute Gasteiger partial charge is 0.302 e. The fraction of sp³-hybridized carbons (Fsp3) is 0.917. The van der Waals surface area contributed by atoms with Crippen molar-refractivity contribution in [3.63, 3.8) is 0 Å². The minimum absolute atomic E-state index is 0.125. The minimum atomic E-state index is -0.125. The molecule has 0 N–H and O–H groups in total. The number of carbonyl (C=O) groups is 1. The van der Waals surface area contributed by atoms with Crippen LogP contribution < -0.4 is 0 Å². The first-order valence-electron chi connectivity index (χ1n) is 5.55. The van der Waals surface area contributed by atoms with Gasteiger partial charge in [0, 0.05) is 12.3 Å². The summed E-state index contributed by atoms with van der Waals surface area (Å²) in [4.78, 5) is 11.0. The summed E-state index contributed by atoms with van der Waals surface area (Å²) in [6, 6.07) is 0. The van der Waals surface area contributed by atoms with Crippen LogP contribution in [-0.2, 0) is 9.53 Å². The van der Waals surface area contributed by atoms with Crippen molar-refractivity contribution in [3.05, 3.63) is 0 Å². The standard InChI is InChI=1S/C12H20O2/c1-8(13)14-10-7-9-5-6-12(10,4)11(9,2)3/h9-10H,5-7H2,1-4H3/t9-,10-,12-/m0/s1. The normalized spacial score (nSPS) is 44.0. The van der Waals surface area contributed by atoms with Crippen molar-refractivity contribution in [1.29, 1.82) is 0 Å². The van der Waals surface area contributed by atoms with Gasteiger partial charge in [0.1, 0.15) is 6.10 Å². The maximum Gasteiger partial charge on any atom is 0.302 e. The van der Waals surface area contributed by atoms with E-state index in [1.165, 1.54) is 19.8 Å². The van der Waals surface area contributed by atoms with Gasteiger partial charge in [-0.05, 0) is 30.6 Å². The lowest BCUT2D eigenvalue weighted by Crippen LogP contribution is -2.37. The predicted molar refractivity (Wildman–Crippen MR) is 54.8 cm³/mol. The summed E-state index contributed by atoms with van der Waals surface area (Å²) in [5.41, 5.74) is 0.552. The molecule has 2 heteroatoms. The lowest BCUT2D eigenvalue weighted by molar-refractivity contribution is -0.154. The summed E-state index contributed by atoms with van der Waals surface area (Å²) in [6.07, 6.45) is 3.75. The quantitative estimate of drug-likeness (QED) is 0.603. The third kappa shape index (κ3) is 1.06. The van der Waals surface area contributed by atoms with E-state index >= 15 is 0 Å². The molecule has 2 aliphatic carbocycles. The number of esters is 1. The second-order valence-corrected chi connectivity index (χ2v) is 5.71. The van der Waals surface area contributed by atoms with Crippen LogP contribution in [0.3, 0.4) is 0 Å². The molecule has 0 heterocycles. The van der Waals surface area contributed by atoms with Crippen molar-refractivity contribution in [2.45, 2.75) is 53.1 Å². The van der Waals surface area contributed by atoms with Gasteiger partial charge < -0.3 is 4.74 Å². The maximum atomic E-state index is 11.0. The first-order chi connectivity index (χ1) is 6.38. The summed E-state index contributed by atoms with van der Waals surface area (Å²) in [7, 11) is 0. The zero-order valence-corrected chi connectivity index (χ0v) is 9.59. The van der Waals surface area contributed by atoms with Crippen LogP contribution in [0.25, 0.3) is 0 Å². The molecule has 2 fully saturated rings. The Labute approximate surface area is 86.0 Å². The Balaban J connectivity index is 2.23. The second-order valence-electron chi connectivity index (χ2n) is 5.71. The molecular weight excluding hydrogens is 176 g/mol. The SMILES string of the molecule is CC(=O)O[C@H]1C[C@@H]2CC[C@]1(C)C2(C)C. The first kappa shape index (κ1) is 10.0. The van der Waals surface area contributed by atoms with Gasteiger partial charge in [-0.3, -0.25) is 4.79 Å². The first-order valence-corrected chi connectivity index (χ1v) is 5.55. The third-order valence-corrected chi connectivity index (χ3v) is 5.02. The highest BCUT2D eigenvalue weighted by Crippen LogP contribution is 2.66. The molecule has 0 amide bonds. The van der Waals surface area contributed by atoms with Crippen LogP contribution in [0.4, 0.5) is 0 Å². The van der Waals surface area contributed by atoms with E-state index < -0.39 is 0 Å². The number of fused-ring (bicyclic) bond motifs is 2. The Hall–Kier alpha value is -0.530. The van der Waals surface area contributed by atoms with Gasteiger partial charge in [0.05, 0.1) is 0 Å². The molecule has 0 radical (unpaired) electrons. The molecule has 0 spiro atoms. The molecule has 2 aliphatic rings. The monoisotopic (exact) mass is 196 g/mol. The Kier molecular flexibility index (Phi) is 1.96. The van der Waals surface area contributed by atoms with Crippen LogP contribution in [0.2, 0.25) is 0 Å². The van der Waals surface area contributed by atoms with E-state index in [0.29, 0.717) is 5.41 Å². The molecule has 80 valence electrons. The van der Waals surface area contributed by atoms with Crippen molar-refractivity contribution < 1.29 is 9.53 Å². The molecule has 2 saturated carbocycles. The van der Waals surface area contributed by atoms with E-state index in [-0.39, 0.29) is 17.5 Å². The van der Waals surface area contributed by atoms with Crippen molar-refractivity contribution in [1.82, 2.24) is 0 Å². The van der Waals surface area contributed by atoms with Crippen LogP contribution in [0.5, 0.6) is 0 Å². The van der Waals surface area contributed by atoms with Crippen molar-refractivity contribution >= 4 is 5.97 Å². The lowest BCUT2D eigenvalue weighted by Gasteiger charge is -2.38. The van der Waals surface area contributed by atoms with Gasteiger partial charge in [-0.1, -0.05) is 20.8 Å². The summed E-state index contributed by atoms with van der Waals surface area (Å²) < 4.78 is 5.44. The van der Waals surface area contributed by atoms with Gasteiger partial charge in [-0.2, -0.15) is 0 Å². The van der Waals surface area contributed by atoms with E-state index in [0.717, 1.165) is 12.3 Å². The van der Waals surface area contributed by atoms with Crippen LogP contribution in [-0.4, -0.2) is 12.1 Å². The maximum absolute atomic E-state index is 11.0. The molecule has 0 aromatic heterocycles. The van der Waals surface area contributed by atoms with E-state index in [1.54, 1.807) is 0 Å². The van der Waals surface area contributed by atoms with Gasteiger partial charge in [0.15, 0.2) is 0 Å². The predicted octanol–water partition coefficient (Wildman–Crippen LogP) is 2.76. The summed E-state index contributed by atoms with van der Waals surface area (Å²) in [5.74, 6) is 0.622. The number of carbonyl (C=O) groups excluding carboxylic acids is 1. The molecule has 3 atom stereocenters. The molecule has 14 heavy (non-hydrogen) atoms. The summed E-state index contributed by atoms with van der Waals surface area (Å²) >= 11 is 0. The molecule has 0 aromatic carbocycles. The largest absolute Gasteiger partial charge is 0.462 e. The highest BCUT2D eigenvalue weighted by molar-refractivity contribution is 5.66. The topological polar surface area (TPSA) is 26.3 Å². The lowest BCUT2D eigenvalue weighted by atomic mass is 9.70. The van der Waals surface area contributed by atoms with Gasteiger partial charge in [0.25, 0.3) is 0 Å². The van der Waals surface area contributed by atoms with Crippen LogP contribution in [0.1, 0.15) is 47.0 Å². The molecule has 0 saturated heterocycles. The molecule has 0 unspecified atom stereocenters. The highest BCUT2D eigenvalue weighted by Gasteiger charge is 2.62. The van der Waals surface area contributed by atoms with E-state index in [9.17, 15) is 4.79 Å². The number of hydrogen-bond acceptors (Lipinski definition) is 2. The van der Waals surface area contributed by atoms with E-state index in [2.05, 4.69) is 20.8 Å². The van der Waals surface area contributed by atoms with Crippen LogP contribution in [0.15, 0.2) is 0 Å². The molecular formula is C12H20O2. The summed E-state index contributed by atoms with van der Waals surface area (Å²) in [5, 5.41) is 0. The van der Waals surface area contributed by atoms with Crippen molar-refractivity contribution in [3.8, 4) is 0 Å². The molecule has 0 aromatic rings. The fourth-order valence-electron chi connectivity index (χ4n) is 3.51. The van der Waals surface area contributed by atoms with Gasteiger partial charge in [-0.15, -0.1) is 0 Å². The Morgan fingerprint density at radius 3 is 2.36 bits per heavy atom. The van der Waals surface area contributed by atoms with Crippen LogP contribution >= 0.6 is 0 Å². The van der Waals surface area contributed by atoms with E-state index in [1.807, 2.05) is 0 Å². The molecule has 0 aliphatic heterocycles. The molecule has 2 nitrogen and oxygen atoms in total. The average Bonchev–Trinajstić information content (AvgIpc) is 2.35. The molecule has 2 rings (SSSR count). The number of ether oxygens (including phenoxy) is 1. The summed E-state index contributed by atoms with van der Waals surface area (Å²) in [6.45, 7) is 8.46. The highest BCUT2D eigenvalue weighted by atomic mass is 16.5. The van der Waals surface area contributed by atoms with Gasteiger partial charge in [-0.25, -0.2) is 0 Å². The van der Waals surface area contributed by atoms with Crippen molar-refractivity contribution in [2.75, 3.05) is 0 Å². The minimum Gasteiger partial charge on any atom is -0.462 e. The number of hydrogen-bond donors (Lipinski definition) is 0. The Morgan fingerprint density at radius 2 is 2.00 bits per heavy atom. The average molecular weight is 196 g/mol. The Morgan fingerprint density at radius 1 is 1.36 bits per heavy atom.